The van der Waals surface area contributed by atoms with Gasteiger partial charge >= 0.3 is 6.09 Å². The first kappa shape index (κ1) is 20.4. The van der Waals surface area contributed by atoms with Crippen LogP contribution in [-0.4, -0.2) is 60.4 Å². The third-order valence-electron chi connectivity index (χ3n) is 3.63. The number of halogens is 1. The quantitative estimate of drug-likeness (QED) is 0.564. The minimum Gasteiger partial charge on any atom is -0.444 e. The summed E-state index contributed by atoms with van der Waals surface area (Å²) in [4.78, 5) is 23.4. The lowest BCUT2D eigenvalue weighted by molar-refractivity contribution is -0.385. The number of non-ortho nitro benzene ring substituents is 1. The molecule has 1 saturated heterocycles. The van der Waals surface area contributed by atoms with Crippen LogP contribution in [-0.2, 0) is 14.8 Å². The Labute approximate surface area is 156 Å². The lowest BCUT2D eigenvalue weighted by Crippen LogP contribution is -2.51. The van der Waals surface area contributed by atoms with E-state index in [9.17, 15) is 23.3 Å². The molecule has 0 unspecified atom stereocenters. The van der Waals surface area contributed by atoms with Gasteiger partial charge < -0.3 is 9.64 Å². The predicted molar refractivity (Wildman–Crippen MR) is 94.7 cm³/mol. The Morgan fingerprint density at radius 1 is 1.23 bits per heavy atom. The second-order valence-corrected chi connectivity index (χ2v) is 9.06. The molecule has 9 nitrogen and oxygen atoms in total. The zero-order valence-corrected chi connectivity index (χ0v) is 16.2. The summed E-state index contributed by atoms with van der Waals surface area (Å²) < 4.78 is 32.0. The summed E-state index contributed by atoms with van der Waals surface area (Å²) in [6.45, 7) is 5.63. The average molecular weight is 406 g/mol. The number of hydrogen-bond acceptors (Lipinski definition) is 6. The maximum atomic E-state index is 12.8. The molecule has 1 fully saturated rings. The number of nitrogens with zero attached hydrogens (tertiary/aromatic N) is 3. The van der Waals surface area contributed by atoms with Crippen molar-refractivity contribution in [2.24, 2.45) is 0 Å². The van der Waals surface area contributed by atoms with E-state index in [4.69, 9.17) is 16.3 Å². The van der Waals surface area contributed by atoms with Gasteiger partial charge in [-0.25, -0.2) is 13.2 Å². The van der Waals surface area contributed by atoms with Gasteiger partial charge in [0.15, 0.2) is 0 Å². The maximum absolute atomic E-state index is 12.8. The molecule has 0 N–H and O–H groups in total. The van der Waals surface area contributed by atoms with Crippen LogP contribution in [0.4, 0.5) is 10.5 Å². The van der Waals surface area contributed by atoms with Crippen LogP contribution in [0.2, 0.25) is 5.02 Å². The highest BCUT2D eigenvalue weighted by atomic mass is 35.5. The van der Waals surface area contributed by atoms with E-state index in [1.807, 2.05) is 0 Å². The fraction of sp³-hybridized carbons (Fsp3) is 0.533. The van der Waals surface area contributed by atoms with Crippen molar-refractivity contribution in [3.05, 3.63) is 33.3 Å². The van der Waals surface area contributed by atoms with E-state index in [1.165, 1.54) is 11.0 Å². The van der Waals surface area contributed by atoms with E-state index in [0.717, 1.165) is 16.4 Å². The summed E-state index contributed by atoms with van der Waals surface area (Å²) in [6, 6.07) is 3.27. The first-order valence-electron chi connectivity index (χ1n) is 7.84. The smallest absolute Gasteiger partial charge is 0.410 e. The van der Waals surface area contributed by atoms with Crippen molar-refractivity contribution in [3.63, 3.8) is 0 Å². The van der Waals surface area contributed by atoms with Crippen LogP contribution in [0.15, 0.2) is 23.1 Å². The van der Waals surface area contributed by atoms with Gasteiger partial charge in [0.25, 0.3) is 5.69 Å². The molecule has 0 spiro atoms. The molecule has 1 aliphatic heterocycles. The molecule has 0 aromatic heterocycles. The van der Waals surface area contributed by atoms with Crippen molar-refractivity contribution >= 4 is 33.4 Å². The Morgan fingerprint density at radius 3 is 2.31 bits per heavy atom. The number of benzene rings is 1. The third kappa shape index (κ3) is 4.63. The molecule has 1 heterocycles. The standard InChI is InChI=1S/C15H20ClN3O6S/c1-15(2,3)25-14(20)17-6-8-18(9-7-17)26(23,24)13-10-11(19(21)22)4-5-12(13)16/h4-5,10H,6-9H2,1-3H3. The Balaban J connectivity index is 2.15. The highest BCUT2D eigenvalue weighted by Crippen LogP contribution is 2.29. The molecule has 1 amide bonds. The zero-order chi connectivity index (χ0) is 19.7. The molecule has 0 saturated carbocycles. The van der Waals surface area contributed by atoms with E-state index in [2.05, 4.69) is 0 Å². The van der Waals surface area contributed by atoms with Gasteiger partial charge in [-0.2, -0.15) is 4.31 Å². The number of carbonyl (C=O) groups is 1. The van der Waals surface area contributed by atoms with Crippen LogP contribution in [0.1, 0.15) is 20.8 Å². The number of nitro benzene ring substituents is 1. The SMILES string of the molecule is CC(C)(C)OC(=O)N1CCN(S(=O)(=O)c2cc([N+](=O)[O-])ccc2Cl)CC1. The van der Waals surface area contributed by atoms with Crippen molar-refractivity contribution in [1.82, 2.24) is 9.21 Å². The molecule has 0 bridgehead atoms. The number of hydrogen-bond donors (Lipinski definition) is 0. The summed E-state index contributed by atoms with van der Waals surface area (Å²) in [6.07, 6.45) is -0.511. The van der Waals surface area contributed by atoms with Gasteiger partial charge in [0, 0.05) is 38.3 Å². The molecule has 0 radical (unpaired) electrons. The Morgan fingerprint density at radius 2 is 1.81 bits per heavy atom. The summed E-state index contributed by atoms with van der Waals surface area (Å²) in [5.74, 6) is 0. The van der Waals surface area contributed by atoms with E-state index < -0.39 is 26.6 Å². The Kier molecular flexibility index (Phi) is 5.79. The van der Waals surface area contributed by atoms with Gasteiger partial charge in [0.1, 0.15) is 10.5 Å². The van der Waals surface area contributed by atoms with Crippen LogP contribution in [0.5, 0.6) is 0 Å². The van der Waals surface area contributed by atoms with Crippen LogP contribution in [0, 0.1) is 10.1 Å². The van der Waals surface area contributed by atoms with Crippen LogP contribution < -0.4 is 0 Å². The fourth-order valence-electron chi connectivity index (χ4n) is 2.38. The lowest BCUT2D eigenvalue weighted by Gasteiger charge is -2.35. The molecule has 144 valence electrons. The number of rotatable bonds is 3. The largest absolute Gasteiger partial charge is 0.444 e. The lowest BCUT2D eigenvalue weighted by atomic mass is 10.2. The van der Waals surface area contributed by atoms with Gasteiger partial charge in [-0.1, -0.05) is 11.6 Å². The van der Waals surface area contributed by atoms with E-state index in [1.54, 1.807) is 20.8 Å². The van der Waals surface area contributed by atoms with Gasteiger partial charge in [0.05, 0.1) is 9.95 Å². The van der Waals surface area contributed by atoms with E-state index >= 15 is 0 Å². The molecule has 1 aromatic rings. The molecule has 2 rings (SSSR count). The second kappa shape index (κ2) is 7.37. The zero-order valence-electron chi connectivity index (χ0n) is 14.6. The van der Waals surface area contributed by atoms with Crippen LogP contribution in [0.25, 0.3) is 0 Å². The number of ether oxygens (including phenoxy) is 1. The molecule has 0 aliphatic carbocycles. The summed E-state index contributed by atoms with van der Waals surface area (Å²) >= 11 is 5.94. The predicted octanol–water partition coefficient (Wildman–Crippen LogP) is 2.49. The molecular formula is C15H20ClN3O6S. The molecule has 1 aliphatic rings. The highest BCUT2D eigenvalue weighted by Gasteiger charge is 2.33. The topological polar surface area (TPSA) is 110 Å². The Hall–Kier alpha value is -1.91. The molecule has 26 heavy (non-hydrogen) atoms. The van der Waals surface area contributed by atoms with Gasteiger partial charge in [0.2, 0.25) is 10.0 Å². The number of nitro groups is 1. The molecule has 0 atom stereocenters. The van der Waals surface area contributed by atoms with Gasteiger partial charge in [-0.05, 0) is 26.8 Å². The minimum absolute atomic E-state index is 0.0423. The second-order valence-electron chi connectivity index (χ2n) is 6.74. The molecular weight excluding hydrogens is 386 g/mol. The van der Waals surface area contributed by atoms with Crippen LogP contribution >= 0.6 is 11.6 Å². The van der Waals surface area contributed by atoms with Gasteiger partial charge in [-0.15, -0.1) is 0 Å². The number of carbonyl (C=O) groups excluding carboxylic acids is 1. The first-order valence-corrected chi connectivity index (χ1v) is 9.65. The normalized spacial score (nSPS) is 16.4. The average Bonchev–Trinajstić information content (AvgIpc) is 2.53. The molecule has 1 aromatic carbocycles. The van der Waals surface area contributed by atoms with Crippen LogP contribution in [0.3, 0.4) is 0 Å². The summed E-state index contributed by atoms with van der Waals surface area (Å²) in [7, 11) is -4.01. The first-order chi connectivity index (χ1) is 11.9. The van der Waals surface area contributed by atoms with E-state index in [-0.39, 0.29) is 41.8 Å². The highest BCUT2D eigenvalue weighted by molar-refractivity contribution is 7.89. The third-order valence-corrected chi connectivity index (χ3v) is 6.01. The monoisotopic (exact) mass is 405 g/mol. The Bertz CT molecular complexity index is 813. The van der Waals surface area contributed by atoms with Crippen molar-refractivity contribution in [2.45, 2.75) is 31.3 Å². The minimum atomic E-state index is -4.01. The molecule has 11 heteroatoms. The summed E-state index contributed by atoms with van der Waals surface area (Å²) in [5, 5.41) is 10.8. The van der Waals surface area contributed by atoms with Crippen molar-refractivity contribution in [1.29, 1.82) is 0 Å². The number of sulfonamides is 1. The van der Waals surface area contributed by atoms with E-state index in [0.29, 0.717) is 0 Å². The fourth-order valence-corrected chi connectivity index (χ4v) is 4.30. The number of piperazine rings is 1. The maximum Gasteiger partial charge on any atom is 0.410 e. The van der Waals surface area contributed by atoms with Crippen molar-refractivity contribution in [3.8, 4) is 0 Å². The van der Waals surface area contributed by atoms with Crippen molar-refractivity contribution in [2.75, 3.05) is 26.2 Å². The summed E-state index contributed by atoms with van der Waals surface area (Å²) in [5.41, 5.74) is -1.00. The van der Waals surface area contributed by atoms with Crippen molar-refractivity contribution < 1.29 is 22.9 Å². The number of amides is 1. The van der Waals surface area contributed by atoms with Gasteiger partial charge in [-0.3, -0.25) is 10.1 Å².